The molecule has 3 rings (SSSR count). The van der Waals surface area contributed by atoms with E-state index in [0.717, 1.165) is 48.4 Å². The Morgan fingerprint density at radius 1 is 1.24 bits per heavy atom. The number of hydrogen-bond donors (Lipinski definition) is 1. The molecule has 1 aromatic carbocycles. The Kier molecular flexibility index (Phi) is 4.20. The lowest BCUT2D eigenvalue weighted by Crippen LogP contribution is -2.30. The second-order valence-electron chi connectivity index (χ2n) is 5.45. The molecule has 0 atom stereocenters. The van der Waals surface area contributed by atoms with Crippen molar-refractivity contribution in [2.45, 2.75) is 19.8 Å². The van der Waals surface area contributed by atoms with Gasteiger partial charge in [0.1, 0.15) is 17.0 Å². The zero-order valence-corrected chi connectivity index (χ0v) is 12.6. The highest BCUT2D eigenvalue weighted by molar-refractivity contribution is 5.81. The molecule has 112 valence electrons. The summed E-state index contributed by atoms with van der Waals surface area (Å²) in [6.07, 6.45) is 2.31. The molecule has 0 saturated carbocycles. The van der Waals surface area contributed by atoms with E-state index >= 15 is 0 Å². The fourth-order valence-corrected chi connectivity index (χ4v) is 2.67. The van der Waals surface area contributed by atoms with E-state index in [1.54, 1.807) is 7.11 Å². The van der Waals surface area contributed by atoms with Crippen molar-refractivity contribution in [3.05, 3.63) is 23.9 Å². The molecule has 2 heterocycles. The number of benzene rings is 1. The van der Waals surface area contributed by atoms with Crippen molar-refractivity contribution in [3.63, 3.8) is 0 Å². The number of hydrogen-bond acceptors (Lipinski definition) is 5. The Morgan fingerprint density at radius 2 is 2.05 bits per heavy atom. The van der Waals surface area contributed by atoms with Crippen LogP contribution in [-0.4, -0.2) is 36.8 Å². The van der Waals surface area contributed by atoms with Crippen LogP contribution in [0.2, 0.25) is 0 Å². The van der Waals surface area contributed by atoms with Gasteiger partial charge in [0.05, 0.1) is 19.2 Å². The lowest BCUT2D eigenvalue weighted by atomic mass is 9.99. The molecule has 0 aliphatic carbocycles. The highest BCUT2D eigenvalue weighted by Crippen LogP contribution is 2.26. The van der Waals surface area contributed by atoms with E-state index in [2.05, 4.69) is 15.3 Å². The lowest BCUT2D eigenvalue weighted by molar-refractivity contribution is 0.207. The van der Waals surface area contributed by atoms with E-state index in [1.807, 2.05) is 25.1 Å². The van der Waals surface area contributed by atoms with Crippen molar-refractivity contribution in [1.29, 1.82) is 0 Å². The summed E-state index contributed by atoms with van der Waals surface area (Å²) >= 11 is 0. The van der Waals surface area contributed by atoms with Gasteiger partial charge < -0.3 is 14.8 Å². The number of ether oxygens (including phenoxy) is 2. The molecular formula is C16H21N3O2. The van der Waals surface area contributed by atoms with E-state index in [0.29, 0.717) is 18.4 Å². The molecule has 1 aliphatic rings. The largest absolute Gasteiger partial charge is 0.494 e. The Morgan fingerprint density at radius 3 is 2.81 bits per heavy atom. The molecule has 0 spiro atoms. The standard InChI is InChI=1S/C16H21N3O2/c1-11-16(21-10-12-6-8-17-9-7-12)19-15-13(18-11)4-3-5-14(15)20-2/h3-5,12,17H,6-10H2,1-2H3. The summed E-state index contributed by atoms with van der Waals surface area (Å²) in [6, 6.07) is 5.75. The zero-order chi connectivity index (χ0) is 14.7. The molecule has 1 saturated heterocycles. The van der Waals surface area contributed by atoms with E-state index in [4.69, 9.17) is 9.47 Å². The number of nitrogens with zero attached hydrogens (tertiary/aromatic N) is 2. The number of rotatable bonds is 4. The first-order chi connectivity index (χ1) is 10.3. The summed E-state index contributed by atoms with van der Waals surface area (Å²) in [6.45, 7) is 4.79. The van der Waals surface area contributed by atoms with E-state index in [1.165, 1.54) is 0 Å². The molecule has 5 heteroatoms. The van der Waals surface area contributed by atoms with Crippen molar-refractivity contribution in [2.24, 2.45) is 5.92 Å². The molecule has 0 amide bonds. The van der Waals surface area contributed by atoms with Crippen LogP contribution in [0.1, 0.15) is 18.5 Å². The summed E-state index contributed by atoms with van der Waals surface area (Å²) in [5, 5.41) is 3.36. The lowest BCUT2D eigenvalue weighted by Gasteiger charge is -2.22. The molecule has 0 bridgehead atoms. The van der Waals surface area contributed by atoms with Gasteiger partial charge in [0, 0.05) is 0 Å². The highest BCUT2D eigenvalue weighted by Gasteiger charge is 2.16. The Balaban J connectivity index is 1.82. The first-order valence-corrected chi connectivity index (χ1v) is 7.43. The third kappa shape index (κ3) is 3.08. The van der Waals surface area contributed by atoms with Gasteiger partial charge >= 0.3 is 0 Å². The molecule has 21 heavy (non-hydrogen) atoms. The average Bonchev–Trinajstić information content (AvgIpc) is 2.53. The SMILES string of the molecule is COc1cccc2nc(C)c(OCC3CCNCC3)nc12. The smallest absolute Gasteiger partial charge is 0.236 e. The maximum absolute atomic E-state index is 5.93. The second-order valence-corrected chi connectivity index (χ2v) is 5.45. The number of piperidine rings is 1. The summed E-state index contributed by atoms with van der Waals surface area (Å²) < 4.78 is 11.3. The molecule has 1 N–H and O–H groups in total. The molecule has 0 unspecified atom stereocenters. The summed E-state index contributed by atoms with van der Waals surface area (Å²) in [7, 11) is 1.64. The topological polar surface area (TPSA) is 56.3 Å². The van der Waals surface area contributed by atoms with Crippen LogP contribution < -0.4 is 14.8 Å². The minimum absolute atomic E-state index is 0.598. The zero-order valence-electron chi connectivity index (χ0n) is 12.6. The Hall–Kier alpha value is -1.88. The van der Waals surface area contributed by atoms with Crippen LogP contribution in [0, 0.1) is 12.8 Å². The van der Waals surface area contributed by atoms with Crippen LogP contribution in [-0.2, 0) is 0 Å². The summed E-state index contributed by atoms with van der Waals surface area (Å²) in [4.78, 5) is 9.17. The maximum atomic E-state index is 5.93. The van der Waals surface area contributed by atoms with Gasteiger partial charge in [-0.15, -0.1) is 0 Å². The molecular weight excluding hydrogens is 266 g/mol. The average molecular weight is 287 g/mol. The van der Waals surface area contributed by atoms with Crippen molar-refractivity contribution >= 4 is 11.0 Å². The molecule has 0 radical (unpaired) electrons. The third-order valence-electron chi connectivity index (χ3n) is 3.92. The van der Waals surface area contributed by atoms with Gasteiger partial charge in [-0.2, -0.15) is 0 Å². The van der Waals surface area contributed by atoms with Crippen LogP contribution in [0.5, 0.6) is 11.6 Å². The summed E-state index contributed by atoms with van der Waals surface area (Å²) in [5.41, 5.74) is 2.41. The first kappa shape index (κ1) is 14.1. The van der Waals surface area contributed by atoms with Gasteiger partial charge in [0.2, 0.25) is 5.88 Å². The quantitative estimate of drug-likeness (QED) is 0.935. The Labute approximate surface area is 124 Å². The van der Waals surface area contributed by atoms with Gasteiger partial charge in [-0.25, -0.2) is 9.97 Å². The number of aromatic nitrogens is 2. The van der Waals surface area contributed by atoms with Crippen LogP contribution in [0.3, 0.4) is 0 Å². The van der Waals surface area contributed by atoms with Crippen LogP contribution in [0.25, 0.3) is 11.0 Å². The van der Waals surface area contributed by atoms with E-state index in [-0.39, 0.29) is 0 Å². The summed E-state index contributed by atoms with van der Waals surface area (Å²) in [5.74, 6) is 1.94. The highest BCUT2D eigenvalue weighted by atomic mass is 16.5. The van der Waals surface area contributed by atoms with Crippen molar-refractivity contribution in [3.8, 4) is 11.6 Å². The predicted octanol–water partition coefficient (Wildman–Crippen LogP) is 2.33. The van der Waals surface area contributed by atoms with Crippen molar-refractivity contribution in [1.82, 2.24) is 15.3 Å². The second kappa shape index (κ2) is 6.26. The minimum atomic E-state index is 0.598. The molecule has 5 nitrogen and oxygen atoms in total. The van der Waals surface area contributed by atoms with Gasteiger partial charge in [0.25, 0.3) is 0 Å². The number of fused-ring (bicyclic) bond motifs is 1. The third-order valence-corrected chi connectivity index (χ3v) is 3.92. The van der Waals surface area contributed by atoms with Crippen LogP contribution in [0.4, 0.5) is 0 Å². The van der Waals surface area contributed by atoms with E-state index in [9.17, 15) is 0 Å². The van der Waals surface area contributed by atoms with Gasteiger partial charge in [-0.05, 0) is 50.9 Å². The van der Waals surface area contributed by atoms with Gasteiger partial charge in [0.15, 0.2) is 0 Å². The number of nitrogens with one attached hydrogen (secondary N) is 1. The minimum Gasteiger partial charge on any atom is -0.494 e. The van der Waals surface area contributed by atoms with E-state index < -0.39 is 0 Å². The predicted molar refractivity (Wildman–Crippen MR) is 81.9 cm³/mol. The monoisotopic (exact) mass is 287 g/mol. The van der Waals surface area contributed by atoms with Crippen molar-refractivity contribution < 1.29 is 9.47 Å². The maximum Gasteiger partial charge on any atom is 0.236 e. The van der Waals surface area contributed by atoms with Gasteiger partial charge in [-0.3, -0.25) is 0 Å². The first-order valence-electron chi connectivity index (χ1n) is 7.43. The van der Waals surface area contributed by atoms with Crippen LogP contribution in [0.15, 0.2) is 18.2 Å². The fraction of sp³-hybridized carbons (Fsp3) is 0.500. The Bertz CT molecular complexity index is 624. The van der Waals surface area contributed by atoms with Crippen molar-refractivity contribution in [2.75, 3.05) is 26.8 Å². The fourth-order valence-electron chi connectivity index (χ4n) is 2.67. The number of aryl methyl sites for hydroxylation is 1. The van der Waals surface area contributed by atoms with Crippen LogP contribution >= 0.6 is 0 Å². The van der Waals surface area contributed by atoms with Gasteiger partial charge in [-0.1, -0.05) is 6.07 Å². The normalized spacial score (nSPS) is 16.1. The number of methoxy groups -OCH3 is 1. The molecule has 1 aromatic heterocycles. The number of para-hydroxylation sites is 1. The molecule has 1 aliphatic heterocycles. The molecule has 1 fully saturated rings. The molecule has 2 aromatic rings.